The highest BCUT2D eigenvalue weighted by Gasteiger charge is 2.12. The van der Waals surface area contributed by atoms with E-state index < -0.39 is 11.7 Å². The molecule has 4 rings (SSSR count). The van der Waals surface area contributed by atoms with Crippen LogP contribution in [-0.4, -0.2) is 15.9 Å². The number of rotatable bonds is 3. The van der Waals surface area contributed by atoms with E-state index in [-0.39, 0.29) is 11.1 Å². The Morgan fingerprint density at radius 3 is 2.59 bits per heavy atom. The summed E-state index contributed by atoms with van der Waals surface area (Å²) in [5.74, 6) is -0.752. The van der Waals surface area contributed by atoms with Crippen molar-refractivity contribution in [2.24, 2.45) is 0 Å². The van der Waals surface area contributed by atoms with E-state index in [0.717, 1.165) is 0 Å². The number of hydrogen-bond donors (Lipinski definition) is 2. The molecule has 3 aromatic carbocycles. The monoisotopic (exact) mass is 359 g/mol. The van der Waals surface area contributed by atoms with E-state index in [1.54, 1.807) is 48.5 Å². The molecule has 132 valence electrons. The van der Waals surface area contributed by atoms with Crippen LogP contribution in [0, 0.1) is 5.82 Å². The van der Waals surface area contributed by atoms with Gasteiger partial charge in [0.2, 0.25) is 0 Å². The molecule has 0 bridgehead atoms. The summed E-state index contributed by atoms with van der Waals surface area (Å²) in [6.45, 7) is 0. The average molecular weight is 359 g/mol. The lowest BCUT2D eigenvalue weighted by atomic mass is 10.1. The minimum Gasteiger partial charge on any atom is -0.322 e. The van der Waals surface area contributed by atoms with Gasteiger partial charge in [-0.3, -0.25) is 9.59 Å². The van der Waals surface area contributed by atoms with Gasteiger partial charge in [0.05, 0.1) is 16.5 Å². The van der Waals surface area contributed by atoms with Crippen molar-refractivity contribution in [2.45, 2.75) is 0 Å². The molecule has 6 heteroatoms. The SMILES string of the molecule is O=C(Nc1cccc(-c2nc3ccccc3c(=O)[nH]2)c1)c1ccccc1F. The molecule has 27 heavy (non-hydrogen) atoms. The predicted octanol–water partition coefficient (Wildman–Crippen LogP) is 3.98. The molecule has 1 amide bonds. The van der Waals surface area contributed by atoms with Crippen LogP contribution in [0.2, 0.25) is 0 Å². The third kappa shape index (κ3) is 3.32. The number of carbonyl (C=O) groups is 1. The first-order valence-electron chi connectivity index (χ1n) is 8.27. The van der Waals surface area contributed by atoms with Crippen LogP contribution >= 0.6 is 0 Å². The van der Waals surface area contributed by atoms with Crippen LogP contribution in [0.1, 0.15) is 10.4 Å². The molecule has 0 aliphatic rings. The molecule has 0 spiro atoms. The first kappa shape index (κ1) is 16.7. The number of nitrogens with one attached hydrogen (secondary N) is 2. The van der Waals surface area contributed by atoms with Crippen LogP contribution in [0.5, 0.6) is 0 Å². The van der Waals surface area contributed by atoms with Crippen molar-refractivity contribution in [2.75, 3.05) is 5.32 Å². The summed E-state index contributed by atoms with van der Waals surface area (Å²) >= 11 is 0. The number of benzene rings is 3. The van der Waals surface area contributed by atoms with E-state index in [9.17, 15) is 14.0 Å². The molecule has 1 aromatic heterocycles. The van der Waals surface area contributed by atoms with Gasteiger partial charge in [-0.15, -0.1) is 0 Å². The third-order valence-electron chi connectivity index (χ3n) is 4.13. The fourth-order valence-corrected chi connectivity index (χ4v) is 2.81. The molecule has 0 aliphatic heterocycles. The normalized spacial score (nSPS) is 10.7. The largest absolute Gasteiger partial charge is 0.322 e. The van der Waals surface area contributed by atoms with Crippen LogP contribution in [0.25, 0.3) is 22.3 Å². The molecular formula is C21H14FN3O2. The van der Waals surface area contributed by atoms with E-state index in [2.05, 4.69) is 15.3 Å². The summed E-state index contributed by atoms with van der Waals surface area (Å²) < 4.78 is 13.8. The van der Waals surface area contributed by atoms with Gasteiger partial charge in [0.1, 0.15) is 11.6 Å². The Morgan fingerprint density at radius 2 is 1.74 bits per heavy atom. The summed E-state index contributed by atoms with van der Waals surface area (Å²) in [5, 5.41) is 3.17. The van der Waals surface area contributed by atoms with Gasteiger partial charge in [0.25, 0.3) is 11.5 Å². The van der Waals surface area contributed by atoms with Crippen LogP contribution in [-0.2, 0) is 0 Å². The fraction of sp³-hybridized carbons (Fsp3) is 0. The summed E-state index contributed by atoms with van der Waals surface area (Å²) in [6.07, 6.45) is 0. The summed E-state index contributed by atoms with van der Waals surface area (Å²) in [4.78, 5) is 31.8. The van der Waals surface area contributed by atoms with Crippen LogP contribution in [0.3, 0.4) is 0 Å². The predicted molar refractivity (Wildman–Crippen MR) is 102 cm³/mol. The summed E-state index contributed by atoms with van der Waals surface area (Å²) in [5.41, 5.74) is 1.40. The highest BCUT2D eigenvalue weighted by molar-refractivity contribution is 6.04. The molecule has 0 unspecified atom stereocenters. The lowest BCUT2D eigenvalue weighted by Gasteiger charge is -2.08. The van der Waals surface area contributed by atoms with Crippen molar-refractivity contribution in [1.82, 2.24) is 9.97 Å². The second kappa shape index (κ2) is 6.84. The Hall–Kier alpha value is -3.80. The van der Waals surface area contributed by atoms with Gasteiger partial charge >= 0.3 is 0 Å². The quantitative estimate of drug-likeness (QED) is 0.581. The third-order valence-corrected chi connectivity index (χ3v) is 4.13. The number of H-pyrrole nitrogens is 1. The highest BCUT2D eigenvalue weighted by atomic mass is 19.1. The number of aromatic nitrogens is 2. The molecule has 0 saturated heterocycles. The number of aromatic amines is 1. The Labute approximate surface area is 153 Å². The van der Waals surface area contributed by atoms with Crippen molar-refractivity contribution in [1.29, 1.82) is 0 Å². The average Bonchev–Trinajstić information content (AvgIpc) is 2.68. The zero-order chi connectivity index (χ0) is 18.8. The zero-order valence-corrected chi connectivity index (χ0v) is 14.1. The molecule has 0 fully saturated rings. The molecule has 1 heterocycles. The second-order valence-electron chi connectivity index (χ2n) is 5.95. The van der Waals surface area contributed by atoms with Gasteiger partial charge in [-0.1, -0.05) is 36.4 Å². The smallest absolute Gasteiger partial charge is 0.259 e. The minimum atomic E-state index is -0.591. The molecular weight excluding hydrogens is 345 g/mol. The van der Waals surface area contributed by atoms with E-state index in [1.165, 1.54) is 18.2 Å². The zero-order valence-electron chi connectivity index (χ0n) is 14.1. The standard InChI is InChI=1S/C21H14FN3O2/c22-17-10-3-1-8-15(17)20(26)23-14-7-5-6-13(12-14)19-24-18-11-4-2-9-16(18)21(27)25-19/h1-12H,(H,23,26)(H,24,25,27). The van der Waals surface area contributed by atoms with Crippen molar-refractivity contribution in [3.63, 3.8) is 0 Å². The number of anilines is 1. The second-order valence-corrected chi connectivity index (χ2v) is 5.95. The number of halogens is 1. The number of hydrogen-bond acceptors (Lipinski definition) is 3. The fourth-order valence-electron chi connectivity index (χ4n) is 2.81. The number of nitrogens with zero attached hydrogens (tertiary/aromatic N) is 1. The topological polar surface area (TPSA) is 74.8 Å². The first-order valence-corrected chi connectivity index (χ1v) is 8.27. The first-order chi connectivity index (χ1) is 13.1. The molecule has 2 N–H and O–H groups in total. The van der Waals surface area contributed by atoms with Crippen molar-refractivity contribution in [3.05, 3.63) is 94.5 Å². The number of carbonyl (C=O) groups excluding carboxylic acids is 1. The lowest BCUT2D eigenvalue weighted by molar-refractivity contribution is 0.102. The van der Waals surface area contributed by atoms with Gasteiger partial charge in [-0.25, -0.2) is 9.37 Å². The molecule has 5 nitrogen and oxygen atoms in total. The molecule has 0 saturated carbocycles. The number of para-hydroxylation sites is 1. The lowest BCUT2D eigenvalue weighted by Crippen LogP contribution is -2.14. The Kier molecular flexibility index (Phi) is 4.22. The maximum atomic E-state index is 13.8. The van der Waals surface area contributed by atoms with Crippen molar-refractivity contribution in [3.8, 4) is 11.4 Å². The van der Waals surface area contributed by atoms with Crippen molar-refractivity contribution < 1.29 is 9.18 Å². The molecule has 4 aromatic rings. The minimum absolute atomic E-state index is 0.0415. The summed E-state index contributed by atoms with van der Waals surface area (Å²) in [7, 11) is 0. The highest BCUT2D eigenvalue weighted by Crippen LogP contribution is 2.21. The summed E-state index contributed by atoms with van der Waals surface area (Å²) in [6, 6.07) is 19.7. The van der Waals surface area contributed by atoms with E-state index in [4.69, 9.17) is 0 Å². The molecule has 0 radical (unpaired) electrons. The van der Waals surface area contributed by atoms with Gasteiger partial charge in [-0.2, -0.15) is 0 Å². The van der Waals surface area contributed by atoms with Crippen LogP contribution < -0.4 is 10.9 Å². The van der Waals surface area contributed by atoms with E-state index in [0.29, 0.717) is 28.0 Å². The van der Waals surface area contributed by atoms with E-state index >= 15 is 0 Å². The van der Waals surface area contributed by atoms with Gasteiger partial charge < -0.3 is 10.3 Å². The van der Waals surface area contributed by atoms with E-state index in [1.807, 2.05) is 6.07 Å². The number of fused-ring (bicyclic) bond motifs is 1. The number of amides is 1. The van der Waals surface area contributed by atoms with Gasteiger partial charge in [0, 0.05) is 11.3 Å². The van der Waals surface area contributed by atoms with Crippen molar-refractivity contribution >= 4 is 22.5 Å². The van der Waals surface area contributed by atoms with Gasteiger partial charge in [-0.05, 0) is 36.4 Å². The Bertz CT molecular complexity index is 1220. The van der Waals surface area contributed by atoms with Crippen LogP contribution in [0.4, 0.5) is 10.1 Å². The Balaban J connectivity index is 1.68. The maximum Gasteiger partial charge on any atom is 0.259 e. The Morgan fingerprint density at radius 1 is 0.963 bits per heavy atom. The molecule has 0 atom stereocenters. The maximum absolute atomic E-state index is 13.8. The van der Waals surface area contributed by atoms with Crippen LogP contribution in [0.15, 0.2) is 77.6 Å². The van der Waals surface area contributed by atoms with Gasteiger partial charge in [0.15, 0.2) is 0 Å². The molecule has 0 aliphatic carbocycles.